The van der Waals surface area contributed by atoms with Gasteiger partial charge in [0.05, 0.1) is 12.3 Å². The molecule has 25 heavy (non-hydrogen) atoms. The maximum absolute atomic E-state index is 6.54. The minimum atomic E-state index is -0.974. The molecule has 1 heterocycles. The van der Waals surface area contributed by atoms with Crippen LogP contribution in [0.2, 0.25) is 0 Å². The topological polar surface area (TPSA) is 27.1 Å². The highest BCUT2D eigenvalue weighted by Crippen LogP contribution is 2.36. The molecule has 0 amide bonds. The van der Waals surface area contributed by atoms with Gasteiger partial charge in [-0.1, -0.05) is 59.2 Å². The second kappa shape index (κ2) is 8.45. The maximum atomic E-state index is 6.54. The Hall–Kier alpha value is -1.20. The Balaban J connectivity index is 1.52. The molecule has 2 aromatic rings. The number of thioether (sulfide) groups is 1. The lowest BCUT2D eigenvalue weighted by Crippen LogP contribution is -2.24. The van der Waals surface area contributed by atoms with E-state index in [1.807, 2.05) is 41.4 Å². The molecule has 1 aromatic heterocycles. The summed E-state index contributed by atoms with van der Waals surface area (Å²) in [6, 6.07) is 8.21. The molecule has 2 atom stereocenters. The molecule has 0 spiro atoms. The summed E-state index contributed by atoms with van der Waals surface area (Å²) in [5.74, 6) is 0.613. The van der Waals surface area contributed by atoms with Crippen molar-refractivity contribution in [3.8, 4) is 0 Å². The van der Waals surface area contributed by atoms with Gasteiger partial charge < -0.3 is 9.30 Å². The molecule has 132 valence electrons. The summed E-state index contributed by atoms with van der Waals surface area (Å²) in [4.78, 5) is 5.24. The standard InChI is InChI=1S/C19H20Cl2N2OS/c1-15-4-2-3-5-18(15)25-14-24-19(21)8-6-16(17(20)12-19)7-10-23-11-9-22-13-23/h2-6,8-9,11-13,16H,7,10,14H2,1H3. The summed E-state index contributed by atoms with van der Waals surface area (Å²) in [6.45, 7) is 2.94. The molecular weight excluding hydrogens is 375 g/mol. The zero-order chi connectivity index (χ0) is 17.7. The van der Waals surface area contributed by atoms with Gasteiger partial charge in [-0.2, -0.15) is 0 Å². The first-order chi connectivity index (χ1) is 12.1. The molecule has 0 N–H and O–H groups in total. The van der Waals surface area contributed by atoms with Gasteiger partial charge in [0, 0.05) is 34.8 Å². The minimum absolute atomic E-state index is 0.156. The van der Waals surface area contributed by atoms with Gasteiger partial charge in [0.15, 0.2) is 5.06 Å². The molecule has 0 aliphatic heterocycles. The zero-order valence-electron chi connectivity index (χ0n) is 13.9. The lowest BCUT2D eigenvalue weighted by Gasteiger charge is -2.27. The van der Waals surface area contributed by atoms with Gasteiger partial charge in [0.2, 0.25) is 0 Å². The SMILES string of the molecule is Cc1ccccc1SCOC1(Cl)C=CC(CCn2ccnc2)C(Cl)=C1. The van der Waals surface area contributed by atoms with Crippen molar-refractivity contribution in [3.63, 3.8) is 0 Å². The van der Waals surface area contributed by atoms with E-state index in [0.717, 1.165) is 18.0 Å². The van der Waals surface area contributed by atoms with Crippen LogP contribution in [0.25, 0.3) is 0 Å². The first-order valence-corrected chi connectivity index (χ1v) is 9.84. The van der Waals surface area contributed by atoms with Crippen LogP contribution >= 0.6 is 35.0 Å². The fraction of sp³-hybridized carbons (Fsp3) is 0.316. The van der Waals surface area contributed by atoms with E-state index in [4.69, 9.17) is 27.9 Å². The van der Waals surface area contributed by atoms with E-state index >= 15 is 0 Å². The molecule has 0 saturated carbocycles. The van der Waals surface area contributed by atoms with E-state index in [9.17, 15) is 0 Å². The van der Waals surface area contributed by atoms with Crippen LogP contribution < -0.4 is 0 Å². The van der Waals surface area contributed by atoms with Crippen LogP contribution in [-0.4, -0.2) is 20.6 Å². The number of alkyl halides is 1. The molecule has 0 radical (unpaired) electrons. The molecule has 3 rings (SSSR count). The van der Waals surface area contributed by atoms with Crippen molar-refractivity contribution in [3.05, 3.63) is 71.8 Å². The Morgan fingerprint density at radius 2 is 2.20 bits per heavy atom. The molecule has 3 nitrogen and oxygen atoms in total. The van der Waals surface area contributed by atoms with Gasteiger partial charge in [-0.25, -0.2) is 4.98 Å². The van der Waals surface area contributed by atoms with Gasteiger partial charge in [0.1, 0.15) is 0 Å². The van der Waals surface area contributed by atoms with Crippen molar-refractivity contribution in [2.24, 2.45) is 5.92 Å². The fourth-order valence-corrected chi connectivity index (χ4v) is 4.18. The highest BCUT2D eigenvalue weighted by molar-refractivity contribution is 7.99. The molecule has 0 fully saturated rings. The Bertz CT molecular complexity index is 761. The number of allylic oxidation sites excluding steroid dienone is 2. The monoisotopic (exact) mass is 394 g/mol. The lowest BCUT2D eigenvalue weighted by molar-refractivity contribution is 0.127. The average molecular weight is 395 g/mol. The summed E-state index contributed by atoms with van der Waals surface area (Å²) in [5, 5.41) is -0.253. The Morgan fingerprint density at radius 3 is 2.92 bits per heavy atom. The van der Waals surface area contributed by atoms with Crippen molar-refractivity contribution in [1.82, 2.24) is 9.55 Å². The van der Waals surface area contributed by atoms with Gasteiger partial charge in [-0.05, 0) is 37.1 Å². The largest absolute Gasteiger partial charge is 0.341 e. The quantitative estimate of drug-likeness (QED) is 0.265. The smallest absolute Gasteiger partial charge is 0.181 e. The number of hydrogen-bond acceptors (Lipinski definition) is 3. The molecule has 1 aliphatic carbocycles. The maximum Gasteiger partial charge on any atom is 0.181 e. The van der Waals surface area contributed by atoms with E-state index in [1.54, 1.807) is 24.0 Å². The number of nitrogens with zero attached hydrogens (tertiary/aromatic N) is 2. The Labute approximate surface area is 162 Å². The van der Waals surface area contributed by atoms with Crippen molar-refractivity contribution in [2.75, 3.05) is 5.94 Å². The lowest BCUT2D eigenvalue weighted by atomic mass is 9.98. The second-order valence-corrected chi connectivity index (χ2v) is 7.95. The number of halogens is 2. The van der Waals surface area contributed by atoms with Crippen LogP contribution in [0.1, 0.15) is 12.0 Å². The van der Waals surface area contributed by atoms with Gasteiger partial charge in [0.25, 0.3) is 0 Å². The minimum Gasteiger partial charge on any atom is -0.341 e. The van der Waals surface area contributed by atoms with Crippen LogP contribution in [0.5, 0.6) is 0 Å². The predicted molar refractivity (Wildman–Crippen MR) is 105 cm³/mol. The first kappa shape index (κ1) is 18.6. The number of hydrogen-bond donors (Lipinski definition) is 0. The molecular formula is C19H20Cl2N2OS. The van der Waals surface area contributed by atoms with Crippen molar-refractivity contribution in [2.45, 2.75) is 29.8 Å². The summed E-state index contributed by atoms with van der Waals surface area (Å²) in [7, 11) is 0. The van der Waals surface area contributed by atoms with E-state index in [0.29, 0.717) is 5.94 Å². The summed E-state index contributed by atoms with van der Waals surface area (Å²) in [6.07, 6.45) is 12.1. The van der Waals surface area contributed by atoms with Crippen LogP contribution in [0.4, 0.5) is 0 Å². The second-order valence-electron chi connectivity index (χ2n) is 5.95. The zero-order valence-corrected chi connectivity index (χ0v) is 16.3. The third kappa shape index (κ3) is 5.14. The van der Waals surface area contributed by atoms with Crippen molar-refractivity contribution >= 4 is 35.0 Å². The van der Waals surface area contributed by atoms with Gasteiger partial charge in [-0.15, -0.1) is 0 Å². The van der Waals surface area contributed by atoms with Crippen LogP contribution in [0, 0.1) is 12.8 Å². The number of rotatable bonds is 7. The molecule has 2 unspecified atom stereocenters. The van der Waals surface area contributed by atoms with Gasteiger partial charge >= 0.3 is 0 Å². The summed E-state index contributed by atoms with van der Waals surface area (Å²) < 4.78 is 7.90. The third-order valence-corrected chi connectivity index (χ3v) is 5.83. The van der Waals surface area contributed by atoms with Crippen LogP contribution in [0.15, 0.2) is 71.1 Å². The summed E-state index contributed by atoms with van der Waals surface area (Å²) >= 11 is 14.6. The van der Waals surface area contributed by atoms with Crippen molar-refractivity contribution < 1.29 is 4.74 Å². The fourth-order valence-electron chi connectivity index (χ4n) is 2.62. The molecule has 1 aromatic carbocycles. The van der Waals surface area contributed by atoms with Crippen LogP contribution in [-0.2, 0) is 11.3 Å². The summed E-state index contributed by atoms with van der Waals surface area (Å²) in [5.41, 5.74) is 1.23. The van der Waals surface area contributed by atoms with E-state index < -0.39 is 5.06 Å². The Morgan fingerprint density at radius 1 is 1.36 bits per heavy atom. The number of aromatic nitrogens is 2. The number of aryl methyl sites for hydroxylation is 2. The van der Waals surface area contributed by atoms with E-state index in [2.05, 4.69) is 24.0 Å². The molecule has 6 heteroatoms. The number of benzene rings is 1. The Kier molecular flexibility index (Phi) is 6.29. The van der Waals surface area contributed by atoms with E-state index in [-0.39, 0.29) is 5.92 Å². The number of imidazole rings is 1. The molecule has 1 aliphatic rings. The van der Waals surface area contributed by atoms with Crippen LogP contribution in [0.3, 0.4) is 0 Å². The molecule has 0 saturated heterocycles. The van der Waals surface area contributed by atoms with Crippen molar-refractivity contribution in [1.29, 1.82) is 0 Å². The highest BCUT2D eigenvalue weighted by Gasteiger charge is 2.28. The number of ether oxygens (including phenoxy) is 1. The first-order valence-electron chi connectivity index (χ1n) is 8.10. The van der Waals surface area contributed by atoms with Gasteiger partial charge in [-0.3, -0.25) is 0 Å². The molecule has 0 bridgehead atoms. The third-order valence-electron chi connectivity index (χ3n) is 4.09. The highest BCUT2D eigenvalue weighted by atomic mass is 35.5. The normalized spacial score (nSPS) is 22.8. The average Bonchev–Trinajstić information content (AvgIpc) is 3.09. The van der Waals surface area contributed by atoms with E-state index in [1.165, 1.54) is 10.5 Å². The predicted octanol–water partition coefficient (Wildman–Crippen LogP) is 5.59.